The van der Waals surface area contributed by atoms with Gasteiger partial charge in [0.05, 0.1) is 34.7 Å². The van der Waals surface area contributed by atoms with E-state index in [1.54, 1.807) is 21.0 Å². The van der Waals surface area contributed by atoms with Crippen molar-refractivity contribution in [2.45, 2.75) is 13.8 Å². The van der Waals surface area contributed by atoms with Gasteiger partial charge < -0.3 is 10.1 Å². The first-order valence-electron chi connectivity index (χ1n) is 10.5. The molecule has 0 saturated carbocycles. The second-order valence-electron chi connectivity index (χ2n) is 7.62. The zero-order valence-corrected chi connectivity index (χ0v) is 18.9. The fourth-order valence-corrected chi connectivity index (χ4v) is 3.59. The van der Waals surface area contributed by atoms with Crippen LogP contribution in [0.5, 0.6) is 5.75 Å². The van der Waals surface area contributed by atoms with Gasteiger partial charge in [0.2, 0.25) is 0 Å². The Kier molecular flexibility index (Phi) is 6.26. The molecule has 0 fully saturated rings. The smallest absolute Gasteiger partial charge is 0.280 e. The molecule has 2 N–H and O–H groups in total. The maximum Gasteiger partial charge on any atom is 0.280 e. The molecule has 34 heavy (non-hydrogen) atoms. The average molecular weight is 457 g/mol. The van der Waals surface area contributed by atoms with E-state index in [1.165, 1.54) is 28.9 Å². The lowest BCUT2D eigenvalue weighted by Gasteiger charge is -2.08. The van der Waals surface area contributed by atoms with Crippen molar-refractivity contribution < 1.29 is 9.66 Å². The summed E-state index contributed by atoms with van der Waals surface area (Å²) in [6, 6.07) is 21.0. The van der Waals surface area contributed by atoms with E-state index >= 15 is 0 Å². The minimum Gasteiger partial charge on any atom is -0.497 e. The van der Waals surface area contributed by atoms with Crippen LogP contribution in [0, 0.1) is 17.0 Å². The summed E-state index contributed by atoms with van der Waals surface area (Å²) in [7, 11) is 1.63. The van der Waals surface area contributed by atoms with Gasteiger partial charge >= 0.3 is 0 Å². The summed E-state index contributed by atoms with van der Waals surface area (Å²) in [6.45, 7) is 3.57. The second kappa shape index (κ2) is 9.45. The van der Waals surface area contributed by atoms with E-state index in [1.807, 2.05) is 48.5 Å². The average Bonchev–Trinajstić information content (AvgIpc) is 3.14. The van der Waals surface area contributed by atoms with Gasteiger partial charge in [0.25, 0.3) is 11.2 Å². The summed E-state index contributed by atoms with van der Waals surface area (Å²) in [5.74, 6) is 0.790. The number of hydrogen-bond acceptors (Lipinski definition) is 6. The number of non-ortho nitro benzene ring substituents is 1. The van der Waals surface area contributed by atoms with Gasteiger partial charge in [0.15, 0.2) is 0 Å². The molecule has 9 nitrogen and oxygen atoms in total. The molecule has 4 aromatic rings. The molecule has 0 amide bonds. The molecule has 4 rings (SSSR count). The highest BCUT2D eigenvalue weighted by Gasteiger charge is 2.16. The maximum atomic E-state index is 13.0. The van der Waals surface area contributed by atoms with Crippen molar-refractivity contribution in [3.63, 3.8) is 0 Å². The van der Waals surface area contributed by atoms with E-state index in [0.717, 1.165) is 17.1 Å². The number of anilines is 2. The van der Waals surface area contributed by atoms with Crippen LogP contribution in [0.15, 0.2) is 82.6 Å². The molecular formula is C25H23N5O4. The van der Waals surface area contributed by atoms with E-state index in [-0.39, 0.29) is 11.2 Å². The predicted octanol–water partition coefficient (Wildman–Crippen LogP) is 5.28. The molecule has 0 aliphatic heterocycles. The lowest BCUT2D eigenvalue weighted by Crippen LogP contribution is -2.19. The zero-order chi connectivity index (χ0) is 24.2. The van der Waals surface area contributed by atoms with Crippen LogP contribution in [0.3, 0.4) is 0 Å². The quantitative estimate of drug-likeness (QED) is 0.223. The van der Waals surface area contributed by atoms with Gasteiger partial charge in [-0.05, 0) is 74.5 Å². The number of rotatable bonds is 7. The molecule has 9 heteroatoms. The van der Waals surface area contributed by atoms with Crippen molar-refractivity contribution in [2.75, 3.05) is 12.4 Å². The fraction of sp³-hybridized carbons (Fsp3) is 0.120. The molecule has 0 aliphatic rings. The number of benzene rings is 3. The number of methoxy groups -OCH3 is 1. The van der Waals surface area contributed by atoms with Crippen LogP contribution in [-0.2, 0) is 0 Å². The number of nitrogens with one attached hydrogen (secondary N) is 2. The Balaban J connectivity index is 1.54. The van der Waals surface area contributed by atoms with E-state index in [9.17, 15) is 14.9 Å². The summed E-state index contributed by atoms with van der Waals surface area (Å²) in [4.78, 5) is 28.1. The Morgan fingerprint density at radius 3 is 2.15 bits per heavy atom. The van der Waals surface area contributed by atoms with Gasteiger partial charge in [-0.1, -0.05) is 0 Å². The maximum absolute atomic E-state index is 13.0. The van der Waals surface area contributed by atoms with Gasteiger partial charge in [0.1, 0.15) is 5.75 Å². The Labute approximate surface area is 195 Å². The highest BCUT2D eigenvalue weighted by Crippen LogP contribution is 2.23. The first kappa shape index (κ1) is 22.5. The van der Waals surface area contributed by atoms with Crippen molar-refractivity contribution >= 4 is 28.5 Å². The molecule has 3 aromatic carbocycles. The highest BCUT2D eigenvalue weighted by molar-refractivity contribution is 6.01. The number of nitro groups is 1. The third kappa shape index (κ3) is 4.73. The molecule has 1 aromatic heterocycles. The number of hydrogen-bond donors (Lipinski definition) is 2. The minimum absolute atomic E-state index is 0.0389. The topological polar surface area (TPSA) is 115 Å². The van der Waals surface area contributed by atoms with Gasteiger partial charge in [-0.15, -0.1) is 0 Å². The van der Waals surface area contributed by atoms with Crippen LogP contribution < -0.4 is 15.6 Å². The number of aryl methyl sites for hydroxylation is 1. The van der Waals surface area contributed by atoms with Gasteiger partial charge in [-0.3, -0.25) is 25.0 Å². The van der Waals surface area contributed by atoms with Crippen LogP contribution in [0.1, 0.15) is 18.2 Å². The largest absolute Gasteiger partial charge is 0.497 e. The number of aromatic nitrogens is 2. The third-order valence-electron chi connectivity index (χ3n) is 5.29. The van der Waals surface area contributed by atoms with Crippen molar-refractivity contribution in [1.29, 1.82) is 0 Å². The van der Waals surface area contributed by atoms with Crippen molar-refractivity contribution in [2.24, 2.45) is 4.99 Å². The first-order valence-corrected chi connectivity index (χ1v) is 10.5. The summed E-state index contributed by atoms with van der Waals surface area (Å²) in [6.07, 6.45) is 0. The van der Waals surface area contributed by atoms with Gasteiger partial charge in [0, 0.05) is 29.2 Å². The van der Waals surface area contributed by atoms with E-state index in [0.29, 0.717) is 28.3 Å². The second-order valence-corrected chi connectivity index (χ2v) is 7.62. The predicted molar refractivity (Wildman–Crippen MR) is 132 cm³/mol. The molecule has 172 valence electrons. The third-order valence-corrected chi connectivity index (χ3v) is 5.29. The van der Waals surface area contributed by atoms with Crippen molar-refractivity contribution in [3.05, 3.63) is 105 Å². The standard InChI is InChI=1S/C25H23N5O4/c1-16(24-17(2)28-29(25(24)31)21-10-12-22(13-11-21)30(32)33)26-18-4-6-19(7-5-18)27-20-8-14-23(34-3)15-9-20/h4-15,27-28H,1-3H3. The number of H-pyrrole nitrogens is 1. The minimum atomic E-state index is -0.480. The molecule has 0 aliphatic carbocycles. The van der Waals surface area contributed by atoms with E-state index in [4.69, 9.17) is 4.74 Å². The van der Waals surface area contributed by atoms with Crippen molar-refractivity contribution in [3.8, 4) is 11.4 Å². The highest BCUT2D eigenvalue weighted by atomic mass is 16.6. The van der Waals surface area contributed by atoms with Crippen LogP contribution in [0.25, 0.3) is 5.69 Å². The summed E-state index contributed by atoms with van der Waals surface area (Å²) in [5.41, 5.74) is 4.42. The summed E-state index contributed by atoms with van der Waals surface area (Å²) >= 11 is 0. The lowest BCUT2D eigenvalue weighted by atomic mass is 10.1. The first-order chi connectivity index (χ1) is 16.4. The SMILES string of the molecule is COc1ccc(Nc2ccc(N=C(C)c3c(C)[nH]n(-c4ccc([N+](=O)[O-])cc4)c3=O)cc2)cc1. The Hall–Kier alpha value is -4.66. The van der Waals surface area contributed by atoms with E-state index < -0.39 is 4.92 Å². The molecule has 0 bridgehead atoms. The zero-order valence-electron chi connectivity index (χ0n) is 18.9. The molecule has 0 atom stereocenters. The fourth-order valence-electron chi connectivity index (χ4n) is 3.59. The monoisotopic (exact) mass is 457 g/mol. The number of ether oxygens (including phenoxy) is 1. The Morgan fingerprint density at radius 1 is 1.00 bits per heavy atom. The molecule has 1 heterocycles. The Bertz CT molecular complexity index is 1400. The van der Waals surface area contributed by atoms with Gasteiger partial charge in [-0.2, -0.15) is 0 Å². The number of nitro benzene ring substituents is 1. The molecule has 0 radical (unpaired) electrons. The summed E-state index contributed by atoms with van der Waals surface area (Å²) < 4.78 is 6.53. The molecular weight excluding hydrogens is 434 g/mol. The number of aromatic amines is 1. The molecule has 0 spiro atoms. The molecule has 0 unspecified atom stereocenters. The number of nitrogens with zero attached hydrogens (tertiary/aromatic N) is 3. The van der Waals surface area contributed by atoms with Crippen LogP contribution in [0.4, 0.5) is 22.7 Å². The number of aliphatic imine (C=N–C) groups is 1. The molecule has 0 saturated heterocycles. The van der Waals surface area contributed by atoms with Crippen LogP contribution in [-0.4, -0.2) is 27.5 Å². The Morgan fingerprint density at radius 2 is 1.59 bits per heavy atom. The van der Waals surface area contributed by atoms with E-state index in [2.05, 4.69) is 15.4 Å². The normalized spacial score (nSPS) is 11.3. The lowest BCUT2D eigenvalue weighted by molar-refractivity contribution is -0.384. The van der Waals surface area contributed by atoms with Crippen LogP contribution in [0.2, 0.25) is 0 Å². The van der Waals surface area contributed by atoms with Crippen molar-refractivity contribution in [1.82, 2.24) is 9.78 Å². The van der Waals surface area contributed by atoms with Crippen LogP contribution >= 0.6 is 0 Å². The summed E-state index contributed by atoms with van der Waals surface area (Å²) in [5, 5.41) is 17.2. The van der Waals surface area contributed by atoms with Gasteiger partial charge in [-0.25, -0.2) is 4.68 Å².